The molecule has 1 amide bonds. The van der Waals surface area contributed by atoms with Crippen molar-refractivity contribution in [2.45, 2.75) is 25.5 Å². The summed E-state index contributed by atoms with van der Waals surface area (Å²) in [7, 11) is 1.78. The third-order valence-corrected chi connectivity index (χ3v) is 4.88. The van der Waals surface area contributed by atoms with Crippen LogP contribution in [0.15, 0.2) is 12.1 Å². The van der Waals surface area contributed by atoms with Crippen LogP contribution < -0.4 is 20.3 Å². The summed E-state index contributed by atoms with van der Waals surface area (Å²) in [5.41, 5.74) is 1.23. The van der Waals surface area contributed by atoms with E-state index in [-0.39, 0.29) is 37.0 Å². The Labute approximate surface area is 170 Å². The first-order valence-electron chi connectivity index (χ1n) is 9.35. The fourth-order valence-corrected chi connectivity index (χ4v) is 3.42. The second-order valence-electron chi connectivity index (χ2n) is 7.28. The van der Waals surface area contributed by atoms with Crippen LogP contribution in [0, 0.1) is 24.4 Å². The topological polar surface area (TPSA) is 88.6 Å². The number of fused-ring (bicyclic) bond motifs is 1. The van der Waals surface area contributed by atoms with Crippen LogP contribution in [0.1, 0.15) is 12.1 Å². The molecule has 1 aromatic heterocycles. The van der Waals surface area contributed by atoms with Gasteiger partial charge in [-0.15, -0.1) is 0 Å². The number of nitrogens with zero attached hydrogens (tertiary/aromatic N) is 3. The van der Waals surface area contributed by atoms with Gasteiger partial charge in [0.05, 0.1) is 31.0 Å². The van der Waals surface area contributed by atoms with E-state index in [1.807, 2.05) is 0 Å². The summed E-state index contributed by atoms with van der Waals surface area (Å²) in [6.07, 6.45) is 0.234. The maximum absolute atomic E-state index is 13.3. The molecule has 0 unspecified atom stereocenters. The average Bonchev–Trinajstić information content (AvgIpc) is 3.12. The molecule has 0 saturated carbocycles. The minimum Gasteiger partial charge on any atom is -0.491 e. The van der Waals surface area contributed by atoms with Crippen LogP contribution in [0.5, 0.6) is 5.75 Å². The highest BCUT2D eigenvalue weighted by molar-refractivity contribution is 6.00. The Morgan fingerprint density at radius 1 is 1.30 bits per heavy atom. The number of benzene rings is 1. The van der Waals surface area contributed by atoms with Gasteiger partial charge in [-0.05, 0) is 13.3 Å². The number of nitrogens with one attached hydrogen (secondary N) is 2. The lowest BCUT2D eigenvalue weighted by molar-refractivity contribution is -0.115. The molecule has 2 aliphatic rings. The highest BCUT2D eigenvalue weighted by atomic mass is 19.2. The van der Waals surface area contributed by atoms with Crippen molar-refractivity contribution in [2.75, 3.05) is 42.3 Å². The third kappa shape index (κ3) is 4.11. The molecule has 0 bridgehead atoms. The molecule has 1 aromatic carbocycles. The fourth-order valence-electron chi connectivity index (χ4n) is 3.42. The number of rotatable bonds is 5. The molecule has 1 fully saturated rings. The monoisotopic (exact) mass is 423 g/mol. The molecular formula is C19H20F3N5O3. The van der Waals surface area contributed by atoms with Gasteiger partial charge in [0.15, 0.2) is 23.3 Å². The van der Waals surface area contributed by atoms with Gasteiger partial charge in [0.2, 0.25) is 11.9 Å². The summed E-state index contributed by atoms with van der Waals surface area (Å²) in [6, 6.07) is 1.49. The third-order valence-electron chi connectivity index (χ3n) is 4.88. The van der Waals surface area contributed by atoms with Crippen molar-refractivity contribution in [1.82, 2.24) is 9.97 Å². The first kappa shape index (κ1) is 20.2. The van der Waals surface area contributed by atoms with Gasteiger partial charge in [-0.1, -0.05) is 0 Å². The van der Waals surface area contributed by atoms with Gasteiger partial charge in [-0.3, -0.25) is 4.79 Å². The van der Waals surface area contributed by atoms with E-state index in [2.05, 4.69) is 20.6 Å². The molecule has 8 nitrogen and oxygen atoms in total. The first-order chi connectivity index (χ1) is 14.3. The minimum atomic E-state index is -1.53. The van der Waals surface area contributed by atoms with Gasteiger partial charge in [0.25, 0.3) is 0 Å². The summed E-state index contributed by atoms with van der Waals surface area (Å²) >= 11 is 0. The number of aryl methyl sites for hydroxylation is 1. The first-order valence-corrected chi connectivity index (χ1v) is 9.35. The van der Waals surface area contributed by atoms with E-state index in [1.54, 1.807) is 18.9 Å². The van der Waals surface area contributed by atoms with Crippen LogP contribution in [-0.4, -0.2) is 54.8 Å². The number of likely N-dealkylation sites (N-methyl/N-ethyl adjacent to an activating group) is 1. The molecule has 2 atom stereocenters. The lowest BCUT2D eigenvalue weighted by Gasteiger charge is -2.27. The second-order valence-corrected chi connectivity index (χ2v) is 7.28. The van der Waals surface area contributed by atoms with Crippen molar-refractivity contribution in [3.63, 3.8) is 0 Å². The second kappa shape index (κ2) is 7.98. The van der Waals surface area contributed by atoms with Gasteiger partial charge in [-0.25, -0.2) is 18.2 Å². The van der Waals surface area contributed by atoms with Crippen molar-refractivity contribution >= 4 is 23.4 Å². The van der Waals surface area contributed by atoms with Gasteiger partial charge in [0.1, 0.15) is 18.0 Å². The Balaban J connectivity index is 1.36. The van der Waals surface area contributed by atoms with Crippen LogP contribution in [0.3, 0.4) is 0 Å². The quantitative estimate of drug-likeness (QED) is 0.713. The fraction of sp³-hybridized carbons (Fsp3) is 0.421. The SMILES string of the molecule is Cc1nc(N[C@H]2CO[C@H](COc3cc(F)c(F)c(F)c3)C2)nc2c1NC(=O)CN2C. The number of halogens is 3. The highest BCUT2D eigenvalue weighted by Crippen LogP contribution is 2.30. The molecule has 2 aliphatic heterocycles. The van der Waals surface area contributed by atoms with Gasteiger partial charge >= 0.3 is 0 Å². The van der Waals surface area contributed by atoms with Gasteiger partial charge < -0.3 is 25.0 Å². The molecule has 2 aromatic rings. The van der Waals surface area contributed by atoms with Crippen LogP contribution >= 0.6 is 0 Å². The molecule has 3 heterocycles. The molecule has 1 saturated heterocycles. The largest absolute Gasteiger partial charge is 0.491 e. The van der Waals surface area contributed by atoms with Crippen molar-refractivity contribution < 1.29 is 27.4 Å². The Kier molecular flexibility index (Phi) is 5.37. The predicted molar refractivity (Wildman–Crippen MR) is 102 cm³/mol. The van der Waals surface area contributed by atoms with E-state index >= 15 is 0 Å². The molecule has 2 N–H and O–H groups in total. The average molecular weight is 423 g/mol. The Morgan fingerprint density at radius 2 is 2.03 bits per heavy atom. The van der Waals surface area contributed by atoms with Crippen LogP contribution in [0.25, 0.3) is 0 Å². The summed E-state index contributed by atoms with van der Waals surface area (Å²) in [5, 5.41) is 5.98. The van der Waals surface area contributed by atoms with Crippen molar-refractivity contribution in [3.05, 3.63) is 35.3 Å². The summed E-state index contributed by atoms with van der Waals surface area (Å²) in [6.45, 7) is 2.42. The van der Waals surface area contributed by atoms with E-state index in [9.17, 15) is 18.0 Å². The number of ether oxygens (including phenoxy) is 2. The number of amides is 1. The van der Waals surface area contributed by atoms with E-state index in [0.29, 0.717) is 36.2 Å². The van der Waals surface area contributed by atoms with Crippen LogP contribution in [-0.2, 0) is 9.53 Å². The Hall–Kier alpha value is -3.08. The van der Waals surface area contributed by atoms with Crippen molar-refractivity contribution in [3.8, 4) is 5.75 Å². The zero-order chi connectivity index (χ0) is 21.4. The zero-order valence-corrected chi connectivity index (χ0v) is 16.3. The van der Waals surface area contributed by atoms with Gasteiger partial charge in [-0.2, -0.15) is 4.98 Å². The number of anilines is 3. The number of hydrogen-bond acceptors (Lipinski definition) is 7. The predicted octanol–water partition coefficient (Wildman–Crippen LogP) is 2.24. The van der Waals surface area contributed by atoms with E-state index in [4.69, 9.17) is 9.47 Å². The lowest BCUT2D eigenvalue weighted by atomic mass is 10.2. The Bertz CT molecular complexity index is 967. The number of aromatic nitrogens is 2. The summed E-state index contributed by atoms with van der Waals surface area (Å²) in [5.74, 6) is -3.34. The number of carbonyl (C=O) groups excluding carboxylic acids is 1. The van der Waals surface area contributed by atoms with E-state index in [0.717, 1.165) is 12.1 Å². The highest BCUT2D eigenvalue weighted by Gasteiger charge is 2.29. The molecule has 0 radical (unpaired) electrons. The van der Waals surface area contributed by atoms with Crippen LogP contribution in [0.2, 0.25) is 0 Å². The molecule has 11 heteroatoms. The molecule has 30 heavy (non-hydrogen) atoms. The zero-order valence-electron chi connectivity index (χ0n) is 16.3. The molecular weight excluding hydrogens is 403 g/mol. The molecule has 160 valence electrons. The Morgan fingerprint density at radius 3 is 2.77 bits per heavy atom. The van der Waals surface area contributed by atoms with E-state index < -0.39 is 17.5 Å². The maximum Gasteiger partial charge on any atom is 0.244 e. The smallest absolute Gasteiger partial charge is 0.244 e. The normalized spacial score (nSPS) is 20.7. The molecule has 0 aliphatic carbocycles. The molecule has 4 rings (SSSR count). The molecule has 0 spiro atoms. The standard InChI is InChI=1S/C19H20F3N5O3/c1-9-17-18(27(2)6-15(28)25-17)26-19(23-9)24-10-3-12(29-7-10)8-30-11-4-13(20)16(22)14(21)5-11/h4-5,10,12H,3,6-8H2,1-2H3,(H,25,28)(H,23,24,26)/t10-,12+/m1/s1. The van der Waals surface area contributed by atoms with Gasteiger partial charge in [0, 0.05) is 19.2 Å². The van der Waals surface area contributed by atoms with Crippen molar-refractivity contribution in [1.29, 1.82) is 0 Å². The van der Waals surface area contributed by atoms with E-state index in [1.165, 1.54) is 0 Å². The minimum absolute atomic E-state index is 0.0571. The number of hydrogen-bond donors (Lipinski definition) is 2. The number of carbonyl (C=O) groups is 1. The van der Waals surface area contributed by atoms with Crippen LogP contribution in [0.4, 0.5) is 30.6 Å². The lowest BCUT2D eigenvalue weighted by Crippen LogP contribution is -2.37. The van der Waals surface area contributed by atoms with Crippen molar-refractivity contribution in [2.24, 2.45) is 0 Å². The summed E-state index contributed by atoms with van der Waals surface area (Å²) < 4.78 is 50.5. The summed E-state index contributed by atoms with van der Waals surface area (Å²) in [4.78, 5) is 22.3. The maximum atomic E-state index is 13.3.